The van der Waals surface area contributed by atoms with Gasteiger partial charge in [-0.15, -0.1) is 0 Å². The van der Waals surface area contributed by atoms with Crippen LogP contribution in [-0.4, -0.2) is 70.4 Å². The van der Waals surface area contributed by atoms with Gasteiger partial charge in [-0.2, -0.15) is 0 Å². The van der Waals surface area contributed by atoms with Crippen LogP contribution in [0.4, 0.5) is 5.69 Å². The number of benzene rings is 1. The number of guanidine groups is 1. The van der Waals surface area contributed by atoms with Gasteiger partial charge in [-0.05, 0) is 30.4 Å². The minimum absolute atomic E-state index is 0.0664. The van der Waals surface area contributed by atoms with Crippen molar-refractivity contribution in [2.45, 2.75) is 12.8 Å². The molecule has 1 saturated heterocycles. The van der Waals surface area contributed by atoms with Gasteiger partial charge in [0.2, 0.25) is 5.91 Å². The average molecular weight is 378 g/mol. The zero-order valence-corrected chi connectivity index (χ0v) is 16.1. The third-order valence-corrected chi connectivity index (χ3v) is 6.72. The second-order valence-electron chi connectivity index (χ2n) is 7.11. The molecular formula is C18H26N4O3S. The molecular weight excluding hydrogens is 352 g/mol. The predicted molar refractivity (Wildman–Crippen MR) is 103 cm³/mol. The molecule has 2 heterocycles. The maximum absolute atomic E-state index is 11.9. The number of para-hydroxylation sites is 1. The molecule has 1 amide bonds. The molecule has 3 rings (SSSR count). The topological polar surface area (TPSA) is 82.1 Å². The fourth-order valence-electron chi connectivity index (χ4n) is 3.35. The molecule has 1 fully saturated rings. The van der Waals surface area contributed by atoms with Crippen molar-refractivity contribution in [2.75, 3.05) is 50.1 Å². The monoisotopic (exact) mass is 378 g/mol. The van der Waals surface area contributed by atoms with E-state index in [1.165, 1.54) is 10.5 Å². The molecule has 2 aliphatic rings. The molecule has 1 aromatic carbocycles. The summed E-state index contributed by atoms with van der Waals surface area (Å²) in [6.07, 6.45) is 1.60. The van der Waals surface area contributed by atoms with Gasteiger partial charge in [0.25, 0.3) is 0 Å². The molecule has 1 unspecified atom stereocenters. The SMILES string of the molecule is CN(C)C(=O)CN=C(NCC1CCS(=O)(=O)C1)N1CCc2ccccc21. The van der Waals surface area contributed by atoms with Crippen LogP contribution < -0.4 is 10.2 Å². The number of aliphatic imine (C=N–C) groups is 1. The quantitative estimate of drug-likeness (QED) is 0.610. The zero-order valence-electron chi connectivity index (χ0n) is 15.3. The first-order valence-electron chi connectivity index (χ1n) is 8.90. The highest BCUT2D eigenvalue weighted by molar-refractivity contribution is 7.91. The molecule has 2 aliphatic heterocycles. The number of nitrogens with one attached hydrogen (secondary N) is 1. The fraction of sp³-hybridized carbons (Fsp3) is 0.556. The van der Waals surface area contributed by atoms with Crippen molar-refractivity contribution in [3.05, 3.63) is 29.8 Å². The number of likely N-dealkylation sites (N-methyl/N-ethyl adjacent to an activating group) is 1. The number of amides is 1. The highest BCUT2D eigenvalue weighted by Crippen LogP contribution is 2.27. The maximum Gasteiger partial charge on any atom is 0.243 e. The molecule has 0 bridgehead atoms. The minimum atomic E-state index is -2.90. The van der Waals surface area contributed by atoms with E-state index in [2.05, 4.69) is 21.3 Å². The standard InChI is InChI=1S/C18H26N4O3S/c1-21(2)17(23)12-20-18(19-11-14-8-10-26(24,25)13-14)22-9-7-15-5-3-4-6-16(15)22/h3-6,14H,7-13H2,1-2H3,(H,19,20). The van der Waals surface area contributed by atoms with Crippen molar-refractivity contribution < 1.29 is 13.2 Å². The minimum Gasteiger partial charge on any atom is -0.356 e. The smallest absolute Gasteiger partial charge is 0.243 e. The number of rotatable bonds is 4. The van der Waals surface area contributed by atoms with E-state index < -0.39 is 9.84 Å². The van der Waals surface area contributed by atoms with E-state index in [4.69, 9.17) is 0 Å². The number of anilines is 1. The molecule has 0 aliphatic carbocycles. The molecule has 0 spiro atoms. The van der Waals surface area contributed by atoms with Gasteiger partial charge in [0.1, 0.15) is 6.54 Å². The van der Waals surface area contributed by atoms with Crippen molar-refractivity contribution in [1.29, 1.82) is 0 Å². The Hall–Kier alpha value is -2.09. The largest absolute Gasteiger partial charge is 0.356 e. The summed E-state index contributed by atoms with van der Waals surface area (Å²) in [7, 11) is 0.513. The lowest BCUT2D eigenvalue weighted by Crippen LogP contribution is -2.43. The Morgan fingerprint density at radius 1 is 1.35 bits per heavy atom. The van der Waals surface area contributed by atoms with E-state index in [1.54, 1.807) is 14.1 Å². The van der Waals surface area contributed by atoms with Gasteiger partial charge in [0.05, 0.1) is 11.5 Å². The van der Waals surface area contributed by atoms with Crippen LogP contribution in [0.5, 0.6) is 0 Å². The third kappa shape index (κ3) is 4.35. The summed E-state index contributed by atoms with van der Waals surface area (Å²) < 4.78 is 23.4. The average Bonchev–Trinajstić information content (AvgIpc) is 3.18. The molecule has 142 valence electrons. The maximum atomic E-state index is 11.9. The van der Waals surface area contributed by atoms with E-state index >= 15 is 0 Å². The number of fused-ring (bicyclic) bond motifs is 1. The van der Waals surface area contributed by atoms with Crippen LogP contribution in [0.2, 0.25) is 0 Å². The van der Waals surface area contributed by atoms with Crippen LogP contribution >= 0.6 is 0 Å². The highest BCUT2D eigenvalue weighted by atomic mass is 32.2. The second kappa shape index (κ2) is 7.65. The lowest BCUT2D eigenvalue weighted by Gasteiger charge is -2.24. The summed E-state index contributed by atoms with van der Waals surface area (Å²) in [5.74, 6) is 1.15. The first kappa shape index (κ1) is 18.7. The number of nitrogens with zero attached hydrogens (tertiary/aromatic N) is 3. The Morgan fingerprint density at radius 3 is 2.81 bits per heavy atom. The third-order valence-electron chi connectivity index (χ3n) is 4.88. The lowest BCUT2D eigenvalue weighted by atomic mass is 10.1. The van der Waals surface area contributed by atoms with Crippen molar-refractivity contribution in [3.63, 3.8) is 0 Å². The Bertz CT molecular complexity index is 804. The summed E-state index contributed by atoms with van der Waals surface area (Å²) >= 11 is 0. The van der Waals surface area contributed by atoms with E-state index in [9.17, 15) is 13.2 Å². The molecule has 8 heteroatoms. The number of sulfone groups is 1. The summed E-state index contributed by atoms with van der Waals surface area (Å²) in [6.45, 7) is 1.41. The summed E-state index contributed by atoms with van der Waals surface area (Å²) in [6, 6.07) is 8.16. The number of carbonyl (C=O) groups excluding carboxylic acids is 1. The molecule has 7 nitrogen and oxygen atoms in total. The molecule has 1 atom stereocenters. The molecule has 0 saturated carbocycles. The van der Waals surface area contributed by atoms with E-state index in [-0.39, 0.29) is 29.9 Å². The normalized spacial score (nSPS) is 21.5. The Labute approximate surface area is 155 Å². The first-order valence-corrected chi connectivity index (χ1v) is 10.7. The number of hydrogen-bond donors (Lipinski definition) is 1. The number of carbonyl (C=O) groups is 1. The Kier molecular flexibility index (Phi) is 5.50. The second-order valence-corrected chi connectivity index (χ2v) is 9.34. The van der Waals surface area contributed by atoms with E-state index in [0.29, 0.717) is 18.9 Å². The van der Waals surface area contributed by atoms with E-state index in [1.807, 2.05) is 18.2 Å². The molecule has 0 aromatic heterocycles. The van der Waals surface area contributed by atoms with Gasteiger partial charge >= 0.3 is 0 Å². The van der Waals surface area contributed by atoms with Crippen LogP contribution in [0.15, 0.2) is 29.3 Å². The Morgan fingerprint density at radius 2 is 2.12 bits per heavy atom. The summed E-state index contributed by atoms with van der Waals surface area (Å²) in [5.41, 5.74) is 2.35. The number of hydrogen-bond acceptors (Lipinski definition) is 4. The van der Waals surface area contributed by atoms with Gasteiger partial charge < -0.3 is 15.1 Å². The molecule has 0 radical (unpaired) electrons. The van der Waals surface area contributed by atoms with Gasteiger partial charge in [0, 0.05) is 32.9 Å². The van der Waals surface area contributed by atoms with Crippen molar-refractivity contribution in [2.24, 2.45) is 10.9 Å². The van der Waals surface area contributed by atoms with Gasteiger partial charge in [-0.25, -0.2) is 13.4 Å². The van der Waals surface area contributed by atoms with Crippen molar-refractivity contribution in [3.8, 4) is 0 Å². The van der Waals surface area contributed by atoms with Crippen LogP contribution in [0, 0.1) is 5.92 Å². The lowest BCUT2D eigenvalue weighted by molar-refractivity contribution is -0.127. The van der Waals surface area contributed by atoms with Crippen LogP contribution in [0.25, 0.3) is 0 Å². The van der Waals surface area contributed by atoms with Crippen LogP contribution in [-0.2, 0) is 21.1 Å². The Balaban J connectivity index is 1.74. The summed E-state index contributed by atoms with van der Waals surface area (Å²) in [5, 5.41) is 3.32. The van der Waals surface area contributed by atoms with Crippen LogP contribution in [0.1, 0.15) is 12.0 Å². The first-order chi connectivity index (χ1) is 12.4. The molecule has 1 N–H and O–H groups in total. The highest BCUT2D eigenvalue weighted by Gasteiger charge is 2.29. The van der Waals surface area contributed by atoms with Crippen molar-refractivity contribution >= 4 is 27.4 Å². The molecule has 1 aromatic rings. The fourth-order valence-corrected chi connectivity index (χ4v) is 5.21. The van der Waals surface area contributed by atoms with Gasteiger partial charge in [-0.1, -0.05) is 18.2 Å². The zero-order chi connectivity index (χ0) is 18.7. The predicted octanol–water partition coefficient (Wildman–Crippen LogP) is 0.518. The van der Waals surface area contributed by atoms with Crippen LogP contribution in [0.3, 0.4) is 0 Å². The van der Waals surface area contributed by atoms with Gasteiger partial charge in [-0.3, -0.25) is 4.79 Å². The molecule has 26 heavy (non-hydrogen) atoms. The van der Waals surface area contributed by atoms with E-state index in [0.717, 1.165) is 18.7 Å². The van der Waals surface area contributed by atoms with Crippen molar-refractivity contribution in [1.82, 2.24) is 10.2 Å². The summed E-state index contributed by atoms with van der Waals surface area (Å²) in [4.78, 5) is 20.1. The van der Waals surface area contributed by atoms with Gasteiger partial charge in [0.15, 0.2) is 15.8 Å².